The maximum Gasteiger partial charge on any atom is 0.271 e. The van der Waals surface area contributed by atoms with Crippen LogP contribution < -0.4 is 10.6 Å². The van der Waals surface area contributed by atoms with Crippen molar-refractivity contribution in [3.63, 3.8) is 0 Å². The van der Waals surface area contributed by atoms with Crippen LogP contribution in [0.2, 0.25) is 0 Å². The predicted molar refractivity (Wildman–Crippen MR) is 112 cm³/mol. The first-order valence-electron chi connectivity index (χ1n) is 9.35. The van der Waals surface area contributed by atoms with Crippen LogP contribution in [-0.2, 0) is 13.5 Å². The SMILES string of the molecule is Cn1nc(C(=O)NCCc2c[nH]c3ccccc23)cc1NC(=O)c1ccccc1. The number of nitrogens with one attached hydrogen (secondary N) is 3. The van der Waals surface area contributed by atoms with E-state index in [0.29, 0.717) is 24.3 Å². The Labute approximate surface area is 167 Å². The first-order chi connectivity index (χ1) is 14.1. The quantitative estimate of drug-likeness (QED) is 0.475. The van der Waals surface area contributed by atoms with Crippen molar-refractivity contribution >= 4 is 28.5 Å². The number of nitrogens with zero attached hydrogens (tertiary/aromatic N) is 2. The number of H-pyrrole nitrogens is 1. The second-order valence-corrected chi connectivity index (χ2v) is 6.72. The molecular formula is C22H21N5O2. The number of rotatable bonds is 6. The number of fused-ring (bicyclic) bond motifs is 1. The van der Waals surface area contributed by atoms with Crippen LogP contribution in [0.15, 0.2) is 66.9 Å². The maximum absolute atomic E-state index is 12.5. The number of aromatic nitrogens is 3. The molecule has 0 spiro atoms. The van der Waals surface area contributed by atoms with Crippen molar-refractivity contribution in [1.82, 2.24) is 20.1 Å². The molecule has 146 valence electrons. The van der Waals surface area contributed by atoms with Gasteiger partial charge in [-0.1, -0.05) is 36.4 Å². The van der Waals surface area contributed by atoms with Gasteiger partial charge in [0, 0.05) is 42.3 Å². The fourth-order valence-corrected chi connectivity index (χ4v) is 3.21. The number of para-hydroxylation sites is 1. The van der Waals surface area contributed by atoms with E-state index >= 15 is 0 Å². The predicted octanol–water partition coefficient (Wildman–Crippen LogP) is 3.13. The molecule has 0 fully saturated rings. The molecule has 0 radical (unpaired) electrons. The van der Waals surface area contributed by atoms with Crippen LogP contribution >= 0.6 is 0 Å². The maximum atomic E-state index is 12.5. The zero-order valence-corrected chi connectivity index (χ0v) is 16.0. The lowest BCUT2D eigenvalue weighted by Gasteiger charge is -2.04. The smallest absolute Gasteiger partial charge is 0.271 e. The molecule has 2 heterocycles. The molecular weight excluding hydrogens is 366 g/mol. The molecule has 0 saturated carbocycles. The van der Waals surface area contributed by atoms with Crippen LogP contribution in [0.4, 0.5) is 5.82 Å². The van der Waals surface area contributed by atoms with Gasteiger partial charge >= 0.3 is 0 Å². The number of hydrogen-bond acceptors (Lipinski definition) is 3. The molecule has 7 nitrogen and oxygen atoms in total. The lowest BCUT2D eigenvalue weighted by molar-refractivity contribution is 0.0947. The average molecular weight is 387 g/mol. The Hall–Kier alpha value is -3.87. The Bertz CT molecular complexity index is 1160. The highest BCUT2D eigenvalue weighted by Crippen LogP contribution is 2.18. The monoisotopic (exact) mass is 387 g/mol. The Balaban J connectivity index is 1.37. The van der Waals surface area contributed by atoms with E-state index in [4.69, 9.17) is 0 Å². The fourth-order valence-electron chi connectivity index (χ4n) is 3.21. The minimum absolute atomic E-state index is 0.250. The highest BCUT2D eigenvalue weighted by Gasteiger charge is 2.15. The van der Waals surface area contributed by atoms with Crippen LogP contribution in [-0.4, -0.2) is 33.1 Å². The van der Waals surface area contributed by atoms with E-state index in [2.05, 4.69) is 26.8 Å². The Morgan fingerprint density at radius 2 is 1.79 bits per heavy atom. The zero-order chi connectivity index (χ0) is 20.2. The van der Waals surface area contributed by atoms with E-state index in [-0.39, 0.29) is 17.5 Å². The van der Waals surface area contributed by atoms with Gasteiger partial charge in [-0.25, -0.2) is 0 Å². The summed E-state index contributed by atoms with van der Waals surface area (Å²) in [4.78, 5) is 28.0. The van der Waals surface area contributed by atoms with Gasteiger partial charge in [-0.3, -0.25) is 14.3 Å². The topological polar surface area (TPSA) is 91.8 Å². The minimum atomic E-state index is -0.277. The molecule has 3 N–H and O–H groups in total. The fraction of sp³-hybridized carbons (Fsp3) is 0.136. The van der Waals surface area contributed by atoms with E-state index in [9.17, 15) is 9.59 Å². The summed E-state index contributed by atoms with van der Waals surface area (Å²) in [5.41, 5.74) is 3.03. The Kier molecular flexibility index (Phi) is 5.11. The molecule has 2 amide bonds. The summed E-state index contributed by atoms with van der Waals surface area (Å²) in [7, 11) is 1.68. The van der Waals surface area contributed by atoms with Crippen molar-refractivity contribution in [2.24, 2.45) is 7.05 Å². The number of anilines is 1. The summed E-state index contributed by atoms with van der Waals surface area (Å²) in [6.45, 7) is 0.489. The highest BCUT2D eigenvalue weighted by molar-refractivity contribution is 6.04. The number of benzene rings is 2. The van der Waals surface area contributed by atoms with Gasteiger partial charge in [0.15, 0.2) is 5.69 Å². The van der Waals surface area contributed by atoms with Crippen LogP contribution in [0.25, 0.3) is 10.9 Å². The number of hydrogen-bond donors (Lipinski definition) is 3. The summed E-state index contributed by atoms with van der Waals surface area (Å²) in [6.07, 6.45) is 2.68. The number of aryl methyl sites for hydroxylation is 1. The number of aromatic amines is 1. The summed E-state index contributed by atoms with van der Waals surface area (Å²) in [5, 5.41) is 11.0. The molecule has 0 aliphatic carbocycles. The van der Waals surface area contributed by atoms with Gasteiger partial charge in [0.2, 0.25) is 0 Å². The summed E-state index contributed by atoms with van der Waals surface area (Å²) >= 11 is 0. The molecule has 0 aliphatic rings. The van der Waals surface area contributed by atoms with Gasteiger partial charge in [-0.05, 0) is 30.2 Å². The molecule has 7 heteroatoms. The molecule has 0 atom stereocenters. The van der Waals surface area contributed by atoms with Gasteiger partial charge in [0.1, 0.15) is 5.82 Å². The summed E-state index contributed by atoms with van der Waals surface area (Å²) in [5.74, 6) is -0.0684. The molecule has 0 aliphatic heterocycles. The van der Waals surface area contributed by atoms with Gasteiger partial charge in [-0.15, -0.1) is 0 Å². The molecule has 0 saturated heterocycles. The van der Waals surface area contributed by atoms with E-state index in [1.165, 1.54) is 4.68 Å². The van der Waals surface area contributed by atoms with Crippen LogP contribution in [0, 0.1) is 0 Å². The Morgan fingerprint density at radius 1 is 1.03 bits per heavy atom. The lowest BCUT2D eigenvalue weighted by Crippen LogP contribution is -2.26. The largest absolute Gasteiger partial charge is 0.361 e. The number of amides is 2. The van der Waals surface area contributed by atoms with E-state index in [0.717, 1.165) is 16.5 Å². The molecule has 0 bridgehead atoms. The second kappa shape index (κ2) is 8.02. The van der Waals surface area contributed by atoms with Gasteiger partial charge < -0.3 is 15.6 Å². The molecule has 4 rings (SSSR count). The van der Waals surface area contributed by atoms with E-state index in [1.807, 2.05) is 30.5 Å². The standard InChI is InChI=1S/C22H21N5O2/c1-27-20(25-21(28)15-7-3-2-4-8-15)13-19(26-27)22(29)23-12-11-16-14-24-18-10-6-5-9-17(16)18/h2-10,13-14,24H,11-12H2,1H3,(H,23,29)(H,25,28). The van der Waals surface area contributed by atoms with Crippen LogP contribution in [0.5, 0.6) is 0 Å². The van der Waals surface area contributed by atoms with Gasteiger partial charge in [-0.2, -0.15) is 5.10 Å². The summed E-state index contributed by atoms with van der Waals surface area (Å²) in [6, 6.07) is 18.5. The van der Waals surface area contributed by atoms with Crippen molar-refractivity contribution in [2.75, 3.05) is 11.9 Å². The van der Waals surface area contributed by atoms with E-state index < -0.39 is 0 Å². The van der Waals surface area contributed by atoms with Crippen molar-refractivity contribution < 1.29 is 9.59 Å². The minimum Gasteiger partial charge on any atom is -0.361 e. The zero-order valence-electron chi connectivity index (χ0n) is 16.0. The second-order valence-electron chi connectivity index (χ2n) is 6.72. The summed E-state index contributed by atoms with van der Waals surface area (Å²) < 4.78 is 1.48. The lowest BCUT2D eigenvalue weighted by atomic mass is 10.1. The third-order valence-corrected chi connectivity index (χ3v) is 4.74. The highest BCUT2D eigenvalue weighted by atomic mass is 16.2. The Morgan fingerprint density at radius 3 is 2.62 bits per heavy atom. The molecule has 2 aromatic heterocycles. The first kappa shape index (κ1) is 18.5. The van der Waals surface area contributed by atoms with Crippen LogP contribution in [0.1, 0.15) is 26.4 Å². The van der Waals surface area contributed by atoms with Crippen molar-refractivity contribution in [3.05, 3.63) is 83.7 Å². The normalized spacial score (nSPS) is 10.8. The van der Waals surface area contributed by atoms with Gasteiger partial charge in [0.25, 0.3) is 11.8 Å². The van der Waals surface area contributed by atoms with E-state index in [1.54, 1.807) is 37.4 Å². The van der Waals surface area contributed by atoms with Gasteiger partial charge in [0.05, 0.1) is 0 Å². The van der Waals surface area contributed by atoms with Crippen LogP contribution in [0.3, 0.4) is 0 Å². The molecule has 29 heavy (non-hydrogen) atoms. The molecule has 4 aromatic rings. The third kappa shape index (κ3) is 4.03. The molecule has 2 aromatic carbocycles. The first-order valence-corrected chi connectivity index (χ1v) is 9.35. The number of carbonyl (C=O) groups is 2. The average Bonchev–Trinajstić information content (AvgIpc) is 3.32. The van der Waals surface area contributed by atoms with Crippen molar-refractivity contribution in [3.8, 4) is 0 Å². The number of carbonyl (C=O) groups excluding carboxylic acids is 2. The van der Waals surface area contributed by atoms with Crippen molar-refractivity contribution in [2.45, 2.75) is 6.42 Å². The third-order valence-electron chi connectivity index (χ3n) is 4.74. The molecule has 0 unspecified atom stereocenters. The van der Waals surface area contributed by atoms with Crippen molar-refractivity contribution in [1.29, 1.82) is 0 Å².